The van der Waals surface area contributed by atoms with Crippen LogP contribution in [0.15, 0.2) is 122 Å². The molecule has 4 aromatic carbocycles. The number of nitrogens with two attached hydrogens (primary N) is 4. The van der Waals surface area contributed by atoms with E-state index in [1.807, 2.05) is 62.4 Å². The first-order valence-corrected chi connectivity index (χ1v) is 18.2. The van der Waals surface area contributed by atoms with Crippen LogP contribution in [0.25, 0.3) is 11.1 Å². The summed E-state index contributed by atoms with van der Waals surface area (Å²) in [5.41, 5.74) is 29.1. The molecule has 0 spiro atoms. The number of nitrogen functional groups attached to an aromatic ring is 4. The summed E-state index contributed by atoms with van der Waals surface area (Å²) in [5.74, 6) is 3.27. The molecule has 1 aliphatic carbocycles. The highest BCUT2D eigenvalue weighted by Crippen LogP contribution is 2.35. The number of carbonyl (C=O) groups is 1. The molecule has 1 fully saturated rings. The summed E-state index contributed by atoms with van der Waals surface area (Å²) >= 11 is 0. The zero-order valence-electron chi connectivity index (χ0n) is 31.5. The Bertz CT molecular complexity index is 1480. The lowest BCUT2D eigenvalue weighted by Crippen LogP contribution is -2.10. The van der Waals surface area contributed by atoms with Crippen molar-refractivity contribution in [3.63, 3.8) is 0 Å². The van der Waals surface area contributed by atoms with Gasteiger partial charge in [0.2, 0.25) is 0 Å². The average molecular weight is 711 g/mol. The van der Waals surface area contributed by atoms with E-state index < -0.39 is 0 Å². The van der Waals surface area contributed by atoms with Gasteiger partial charge in [0.05, 0.1) is 13.2 Å². The molecule has 0 aliphatic heterocycles. The topological polar surface area (TPSA) is 160 Å². The molecular formula is C44H62N4O4. The molecule has 9 N–H and O–H groups in total. The van der Waals surface area contributed by atoms with Crippen molar-refractivity contribution in [1.82, 2.24) is 0 Å². The fourth-order valence-corrected chi connectivity index (χ4v) is 5.29. The molecule has 0 bridgehead atoms. The van der Waals surface area contributed by atoms with Crippen LogP contribution in [0.4, 0.5) is 22.7 Å². The van der Waals surface area contributed by atoms with Gasteiger partial charge in [-0.15, -0.1) is 0 Å². The van der Waals surface area contributed by atoms with E-state index in [4.69, 9.17) is 42.3 Å². The van der Waals surface area contributed by atoms with Crippen molar-refractivity contribution in [2.24, 2.45) is 5.92 Å². The van der Waals surface area contributed by atoms with Crippen molar-refractivity contribution in [3.05, 3.63) is 128 Å². The third kappa shape index (κ3) is 19.7. The summed E-state index contributed by atoms with van der Waals surface area (Å²) in [6, 6.07) is 31.6. The van der Waals surface area contributed by atoms with Crippen molar-refractivity contribution in [3.8, 4) is 16.9 Å². The number of rotatable bonds is 12. The number of carboxylic acid groups (broad SMARTS) is 1. The Labute approximate surface area is 312 Å². The van der Waals surface area contributed by atoms with E-state index in [0.717, 1.165) is 83.8 Å². The highest BCUT2D eigenvalue weighted by atomic mass is 16.5. The zero-order valence-corrected chi connectivity index (χ0v) is 31.5. The maximum atomic E-state index is 8.36. The molecular weight excluding hydrogens is 649 g/mol. The normalized spacial score (nSPS) is 14.1. The molecule has 1 saturated carbocycles. The molecule has 4 aromatic rings. The number of allylic oxidation sites excluding steroid dienone is 1. The molecule has 5 rings (SSSR count). The van der Waals surface area contributed by atoms with Crippen LogP contribution in [0.3, 0.4) is 0 Å². The van der Waals surface area contributed by atoms with Gasteiger partial charge in [-0.1, -0.05) is 83.2 Å². The summed E-state index contributed by atoms with van der Waals surface area (Å²) in [6.45, 7) is 14.9. The van der Waals surface area contributed by atoms with E-state index in [1.54, 1.807) is 30.3 Å². The van der Waals surface area contributed by atoms with E-state index in [1.165, 1.54) is 31.2 Å². The fraction of sp³-hybridized carbons (Fsp3) is 0.341. The second kappa shape index (κ2) is 27.4. The van der Waals surface area contributed by atoms with Crippen molar-refractivity contribution < 1.29 is 19.4 Å². The lowest BCUT2D eigenvalue weighted by Gasteiger charge is -2.26. The van der Waals surface area contributed by atoms with Gasteiger partial charge < -0.3 is 37.5 Å². The lowest BCUT2D eigenvalue weighted by atomic mass is 9.79. The van der Waals surface area contributed by atoms with Crippen LogP contribution >= 0.6 is 0 Å². The number of hydrogen-bond acceptors (Lipinski definition) is 7. The van der Waals surface area contributed by atoms with Crippen LogP contribution in [0.2, 0.25) is 0 Å². The van der Waals surface area contributed by atoms with Gasteiger partial charge in [-0.2, -0.15) is 0 Å². The monoisotopic (exact) mass is 710 g/mol. The largest absolute Gasteiger partial charge is 0.494 e. The van der Waals surface area contributed by atoms with Gasteiger partial charge in [0.25, 0.3) is 6.47 Å². The Morgan fingerprint density at radius 2 is 1.06 bits per heavy atom. The van der Waals surface area contributed by atoms with Crippen molar-refractivity contribution >= 4 is 29.2 Å². The van der Waals surface area contributed by atoms with Crippen LogP contribution in [0.5, 0.6) is 5.75 Å². The van der Waals surface area contributed by atoms with E-state index >= 15 is 0 Å². The van der Waals surface area contributed by atoms with Gasteiger partial charge in [-0.05, 0) is 134 Å². The highest BCUT2D eigenvalue weighted by Gasteiger charge is 2.19. The van der Waals surface area contributed by atoms with Gasteiger partial charge in [-0.3, -0.25) is 4.79 Å². The number of anilines is 4. The summed E-state index contributed by atoms with van der Waals surface area (Å²) in [5, 5.41) is 6.89. The van der Waals surface area contributed by atoms with E-state index in [0.29, 0.717) is 12.4 Å². The van der Waals surface area contributed by atoms with E-state index in [9.17, 15) is 0 Å². The Morgan fingerprint density at radius 1 is 0.673 bits per heavy atom. The number of hydrogen-bond donors (Lipinski definition) is 5. The first-order chi connectivity index (χ1) is 25.1. The number of benzene rings is 4. The molecule has 0 unspecified atom stereocenters. The molecule has 52 heavy (non-hydrogen) atoms. The van der Waals surface area contributed by atoms with Crippen molar-refractivity contribution in [2.45, 2.75) is 78.1 Å². The molecule has 0 aromatic heterocycles. The van der Waals surface area contributed by atoms with Gasteiger partial charge in [0.15, 0.2) is 0 Å². The van der Waals surface area contributed by atoms with E-state index in [-0.39, 0.29) is 6.47 Å². The van der Waals surface area contributed by atoms with Gasteiger partial charge >= 0.3 is 0 Å². The maximum absolute atomic E-state index is 8.36. The first-order valence-electron chi connectivity index (χ1n) is 18.2. The highest BCUT2D eigenvalue weighted by molar-refractivity contribution is 5.66. The Kier molecular flexibility index (Phi) is 23.5. The minimum Gasteiger partial charge on any atom is -0.494 e. The second-order valence-corrected chi connectivity index (χ2v) is 12.3. The SMILES string of the molecule is C=CC(=C)OCCCCCCOc1ccc(-c2ccc(N)cc2)cc1.CC.CC1CCC(c2ccc(N)cc2)CC1.Nc1ccc(N)cc1.O=CO. The summed E-state index contributed by atoms with van der Waals surface area (Å²) in [4.78, 5) is 8.36. The molecule has 1 aliphatic rings. The molecule has 0 heterocycles. The molecule has 8 nitrogen and oxygen atoms in total. The molecule has 0 amide bonds. The standard InChI is InChI=1S/C22H27NO2.C13H19N.C6H8N2.C2H6.CH2O2/c1-3-18(2)24-16-6-4-5-7-17-25-22-14-10-20(11-15-22)19-8-12-21(23)13-9-19;1-10-2-4-11(5-3-10)12-6-8-13(14)9-7-12;7-5-1-2-6(8)4-3-5;1-2;2-1-3/h3,8-15H,1-2,4-7,16-17,23H2;6-11H,2-5,14H2,1H3;1-4H,7-8H2;1-2H3;1H,(H,2,3). The molecule has 282 valence electrons. The Hall–Kier alpha value is -5.37. The predicted octanol–water partition coefficient (Wildman–Crippen LogP) is 10.7. The zero-order chi connectivity index (χ0) is 38.6. The Morgan fingerprint density at radius 3 is 1.50 bits per heavy atom. The van der Waals surface area contributed by atoms with Crippen molar-refractivity contribution in [2.75, 3.05) is 36.1 Å². The van der Waals surface area contributed by atoms with Crippen LogP contribution < -0.4 is 27.7 Å². The minimum absolute atomic E-state index is 0.250. The smallest absolute Gasteiger partial charge is 0.290 e. The molecule has 8 heteroatoms. The summed E-state index contributed by atoms with van der Waals surface area (Å²) < 4.78 is 11.2. The quantitative estimate of drug-likeness (QED) is 0.0319. The fourth-order valence-electron chi connectivity index (χ4n) is 5.29. The minimum atomic E-state index is -0.250. The second-order valence-electron chi connectivity index (χ2n) is 12.3. The molecule has 0 radical (unpaired) electrons. The van der Waals surface area contributed by atoms with Crippen LogP contribution in [-0.4, -0.2) is 24.8 Å². The Balaban J connectivity index is 0.000000416. The molecule has 0 atom stereocenters. The van der Waals surface area contributed by atoms with Gasteiger partial charge in [0, 0.05) is 22.7 Å². The third-order valence-corrected chi connectivity index (χ3v) is 8.28. The summed E-state index contributed by atoms with van der Waals surface area (Å²) in [6.07, 6.45) is 11.4. The van der Waals surface area contributed by atoms with Gasteiger partial charge in [0.1, 0.15) is 11.5 Å². The maximum Gasteiger partial charge on any atom is 0.290 e. The van der Waals surface area contributed by atoms with Crippen LogP contribution in [0, 0.1) is 5.92 Å². The van der Waals surface area contributed by atoms with Gasteiger partial charge in [-0.25, -0.2) is 0 Å². The first kappa shape index (κ1) is 44.7. The van der Waals surface area contributed by atoms with Crippen LogP contribution in [-0.2, 0) is 9.53 Å². The predicted molar refractivity (Wildman–Crippen MR) is 222 cm³/mol. The number of ether oxygens (including phenoxy) is 2. The van der Waals surface area contributed by atoms with Crippen LogP contribution in [0.1, 0.15) is 83.6 Å². The van der Waals surface area contributed by atoms with E-state index in [2.05, 4.69) is 44.3 Å². The third-order valence-electron chi connectivity index (χ3n) is 8.28. The molecule has 0 saturated heterocycles. The average Bonchev–Trinajstić information content (AvgIpc) is 3.17. The number of unbranched alkanes of at least 4 members (excludes halogenated alkanes) is 3. The summed E-state index contributed by atoms with van der Waals surface area (Å²) in [7, 11) is 0. The van der Waals surface area contributed by atoms with Crippen molar-refractivity contribution in [1.29, 1.82) is 0 Å². The lowest BCUT2D eigenvalue weighted by molar-refractivity contribution is -0.122.